The lowest BCUT2D eigenvalue weighted by Gasteiger charge is -2.27. The fraction of sp³-hybridized carbons (Fsp3) is 0.917. The molecule has 0 unspecified atom stereocenters. The molecule has 0 spiro atoms. The van der Waals surface area contributed by atoms with Crippen molar-refractivity contribution < 1.29 is 4.79 Å². The van der Waals surface area contributed by atoms with Crippen molar-refractivity contribution in [1.82, 2.24) is 5.32 Å². The average molecular weight is 212 g/mol. The normalized spacial score (nSPS) is 26.3. The van der Waals surface area contributed by atoms with E-state index in [2.05, 4.69) is 12.2 Å². The smallest absolute Gasteiger partial charge is 0.223 e. The Morgan fingerprint density at radius 1 is 1.33 bits per heavy atom. The van der Waals surface area contributed by atoms with E-state index in [0.717, 1.165) is 18.8 Å². The van der Waals surface area contributed by atoms with Crippen molar-refractivity contribution in [3.63, 3.8) is 0 Å². The van der Waals surface area contributed by atoms with Gasteiger partial charge < -0.3 is 11.1 Å². The van der Waals surface area contributed by atoms with Crippen molar-refractivity contribution in [3.8, 4) is 0 Å². The zero-order valence-electron chi connectivity index (χ0n) is 9.80. The van der Waals surface area contributed by atoms with Gasteiger partial charge in [-0.05, 0) is 31.6 Å². The minimum absolute atomic E-state index is 0.218. The van der Waals surface area contributed by atoms with Crippen molar-refractivity contribution in [2.45, 2.75) is 45.4 Å². The first kappa shape index (κ1) is 12.5. The van der Waals surface area contributed by atoms with Gasteiger partial charge in [0.05, 0.1) is 0 Å². The standard InChI is InChI=1S/C12H24N2O/c1-2-3-10-4-6-11(7-5-10)12(15)14-9-8-13/h10-11H,2-9,13H2,1H3,(H,14,15). The van der Waals surface area contributed by atoms with Crippen LogP contribution >= 0.6 is 0 Å². The summed E-state index contributed by atoms with van der Waals surface area (Å²) in [5, 5.41) is 2.88. The zero-order valence-corrected chi connectivity index (χ0v) is 9.80. The summed E-state index contributed by atoms with van der Waals surface area (Å²) in [5.41, 5.74) is 5.35. The summed E-state index contributed by atoms with van der Waals surface area (Å²) in [5.74, 6) is 1.34. The minimum atomic E-state index is 0.218. The van der Waals surface area contributed by atoms with Crippen LogP contribution in [0.5, 0.6) is 0 Å². The second-order valence-electron chi connectivity index (χ2n) is 4.59. The maximum absolute atomic E-state index is 11.7. The zero-order chi connectivity index (χ0) is 11.1. The summed E-state index contributed by atoms with van der Waals surface area (Å²) in [6.45, 7) is 3.39. The summed E-state index contributed by atoms with van der Waals surface area (Å²) < 4.78 is 0. The van der Waals surface area contributed by atoms with Gasteiger partial charge in [0.25, 0.3) is 0 Å². The second-order valence-corrected chi connectivity index (χ2v) is 4.59. The van der Waals surface area contributed by atoms with Crippen LogP contribution in [0.4, 0.5) is 0 Å². The predicted octanol–water partition coefficient (Wildman–Crippen LogP) is 1.67. The fourth-order valence-corrected chi connectivity index (χ4v) is 2.46. The third kappa shape index (κ3) is 4.20. The SMILES string of the molecule is CCCC1CCC(C(=O)NCCN)CC1. The fourth-order valence-electron chi connectivity index (χ4n) is 2.46. The highest BCUT2D eigenvalue weighted by atomic mass is 16.1. The summed E-state index contributed by atoms with van der Waals surface area (Å²) in [4.78, 5) is 11.7. The van der Waals surface area contributed by atoms with Gasteiger partial charge in [-0.2, -0.15) is 0 Å². The Labute approximate surface area is 92.8 Å². The second kappa shape index (κ2) is 6.83. The molecule has 3 nitrogen and oxygen atoms in total. The maximum atomic E-state index is 11.7. The van der Waals surface area contributed by atoms with E-state index in [1.165, 1.54) is 25.7 Å². The Morgan fingerprint density at radius 3 is 2.53 bits per heavy atom. The number of nitrogens with one attached hydrogen (secondary N) is 1. The molecule has 0 aromatic rings. The van der Waals surface area contributed by atoms with Crippen LogP contribution in [0, 0.1) is 11.8 Å². The summed E-state index contributed by atoms with van der Waals surface area (Å²) in [7, 11) is 0. The number of hydrogen-bond acceptors (Lipinski definition) is 2. The van der Waals surface area contributed by atoms with E-state index in [-0.39, 0.29) is 11.8 Å². The van der Waals surface area contributed by atoms with E-state index in [0.29, 0.717) is 13.1 Å². The molecule has 0 bridgehead atoms. The maximum Gasteiger partial charge on any atom is 0.223 e. The Balaban J connectivity index is 2.21. The highest BCUT2D eigenvalue weighted by Crippen LogP contribution is 2.31. The molecule has 0 saturated heterocycles. The molecule has 0 aliphatic heterocycles. The predicted molar refractivity (Wildman–Crippen MR) is 62.4 cm³/mol. The van der Waals surface area contributed by atoms with Gasteiger partial charge >= 0.3 is 0 Å². The van der Waals surface area contributed by atoms with Gasteiger partial charge in [0, 0.05) is 19.0 Å². The number of amides is 1. The van der Waals surface area contributed by atoms with Crippen LogP contribution < -0.4 is 11.1 Å². The molecule has 1 fully saturated rings. The Kier molecular flexibility index (Phi) is 5.69. The highest BCUT2D eigenvalue weighted by Gasteiger charge is 2.25. The quantitative estimate of drug-likeness (QED) is 0.728. The average Bonchev–Trinajstić information content (AvgIpc) is 2.27. The summed E-state index contributed by atoms with van der Waals surface area (Å²) in [6, 6.07) is 0. The first-order chi connectivity index (χ1) is 7.27. The van der Waals surface area contributed by atoms with E-state index in [1.54, 1.807) is 0 Å². The number of nitrogens with two attached hydrogens (primary N) is 1. The number of hydrogen-bond donors (Lipinski definition) is 2. The van der Waals surface area contributed by atoms with Gasteiger partial charge in [-0.3, -0.25) is 4.79 Å². The van der Waals surface area contributed by atoms with Gasteiger partial charge in [-0.1, -0.05) is 19.8 Å². The van der Waals surface area contributed by atoms with E-state index >= 15 is 0 Å². The molecule has 0 radical (unpaired) electrons. The molecule has 3 heteroatoms. The molecular weight excluding hydrogens is 188 g/mol. The highest BCUT2D eigenvalue weighted by molar-refractivity contribution is 5.78. The molecule has 1 aliphatic carbocycles. The molecule has 0 aromatic heterocycles. The molecule has 1 amide bonds. The Hall–Kier alpha value is -0.570. The number of carbonyl (C=O) groups is 1. The van der Waals surface area contributed by atoms with E-state index < -0.39 is 0 Å². The van der Waals surface area contributed by atoms with Crippen LogP contribution in [0.2, 0.25) is 0 Å². The Morgan fingerprint density at radius 2 is 2.00 bits per heavy atom. The first-order valence-electron chi connectivity index (χ1n) is 6.25. The van der Waals surface area contributed by atoms with Crippen LogP contribution in [0.1, 0.15) is 45.4 Å². The van der Waals surface area contributed by atoms with Crippen molar-refractivity contribution in [2.75, 3.05) is 13.1 Å². The molecule has 3 N–H and O–H groups in total. The van der Waals surface area contributed by atoms with Gasteiger partial charge in [0.2, 0.25) is 5.91 Å². The van der Waals surface area contributed by atoms with E-state index in [4.69, 9.17) is 5.73 Å². The van der Waals surface area contributed by atoms with Crippen LogP contribution in [0.25, 0.3) is 0 Å². The number of rotatable bonds is 5. The lowest BCUT2D eigenvalue weighted by atomic mass is 9.80. The summed E-state index contributed by atoms with van der Waals surface area (Å²) >= 11 is 0. The largest absolute Gasteiger partial charge is 0.355 e. The van der Waals surface area contributed by atoms with Crippen LogP contribution in [-0.2, 0) is 4.79 Å². The molecule has 1 aliphatic rings. The van der Waals surface area contributed by atoms with E-state index in [1.807, 2.05) is 0 Å². The van der Waals surface area contributed by atoms with Crippen LogP contribution in [0.3, 0.4) is 0 Å². The van der Waals surface area contributed by atoms with Gasteiger partial charge in [-0.25, -0.2) is 0 Å². The summed E-state index contributed by atoms with van der Waals surface area (Å²) in [6.07, 6.45) is 7.21. The molecule has 0 aromatic carbocycles. The third-order valence-electron chi connectivity index (χ3n) is 3.36. The van der Waals surface area contributed by atoms with Crippen molar-refractivity contribution in [1.29, 1.82) is 0 Å². The molecule has 0 atom stereocenters. The molecular formula is C12H24N2O. The molecule has 88 valence electrons. The minimum Gasteiger partial charge on any atom is -0.355 e. The van der Waals surface area contributed by atoms with E-state index in [9.17, 15) is 4.79 Å². The number of carbonyl (C=O) groups excluding carboxylic acids is 1. The lowest BCUT2D eigenvalue weighted by molar-refractivity contribution is -0.126. The monoisotopic (exact) mass is 212 g/mol. The lowest BCUT2D eigenvalue weighted by Crippen LogP contribution is -2.36. The molecule has 1 rings (SSSR count). The molecule has 0 heterocycles. The Bertz CT molecular complexity index is 186. The van der Waals surface area contributed by atoms with Crippen molar-refractivity contribution in [2.24, 2.45) is 17.6 Å². The molecule has 15 heavy (non-hydrogen) atoms. The first-order valence-corrected chi connectivity index (χ1v) is 6.25. The van der Waals surface area contributed by atoms with Gasteiger partial charge in [0.15, 0.2) is 0 Å². The van der Waals surface area contributed by atoms with Crippen LogP contribution in [-0.4, -0.2) is 19.0 Å². The van der Waals surface area contributed by atoms with Crippen molar-refractivity contribution in [3.05, 3.63) is 0 Å². The molecule has 1 saturated carbocycles. The van der Waals surface area contributed by atoms with Gasteiger partial charge in [-0.15, -0.1) is 0 Å². The third-order valence-corrected chi connectivity index (χ3v) is 3.36. The van der Waals surface area contributed by atoms with Gasteiger partial charge in [0.1, 0.15) is 0 Å². The topological polar surface area (TPSA) is 55.1 Å². The van der Waals surface area contributed by atoms with Crippen LogP contribution in [0.15, 0.2) is 0 Å². The van der Waals surface area contributed by atoms with Crippen molar-refractivity contribution >= 4 is 5.91 Å².